The van der Waals surface area contributed by atoms with E-state index in [9.17, 15) is 0 Å². The first-order valence-electron chi connectivity index (χ1n) is 4.77. The van der Waals surface area contributed by atoms with E-state index in [0.717, 1.165) is 6.54 Å². The second-order valence-corrected chi connectivity index (χ2v) is 3.96. The van der Waals surface area contributed by atoms with Crippen molar-refractivity contribution in [2.75, 3.05) is 6.54 Å². The highest BCUT2D eigenvalue weighted by Gasteiger charge is 2.44. The molecule has 0 spiro atoms. The summed E-state index contributed by atoms with van der Waals surface area (Å²) in [5.74, 6) is 0. The van der Waals surface area contributed by atoms with Crippen LogP contribution in [-0.4, -0.2) is 6.54 Å². The summed E-state index contributed by atoms with van der Waals surface area (Å²) >= 11 is 0. The maximum atomic E-state index is 5.76. The van der Waals surface area contributed by atoms with Gasteiger partial charge in [-0.1, -0.05) is 11.6 Å². The van der Waals surface area contributed by atoms with Crippen LogP contribution in [0.25, 0.3) is 0 Å². The van der Waals surface area contributed by atoms with Gasteiger partial charge in [-0.2, -0.15) is 0 Å². The third-order valence-corrected chi connectivity index (χ3v) is 3.22. The first-order chi connectivity index (χ1) is 5.37. The third-order valence-electron chi connectivity index (χ3n) is 3.22. The Kier molecular flexibility index (Phi) is 1.76. The quantitative estimate of drug-likeness (QED) is 0.602. The molecule has 0 aromatic carbocycles. The lowest BCUT2D eigenvalue weighted by Crippen LogP contribution is -2.18. The zero-order valence-corrected chi connectivity index (χ0v) is 7.10. The van der Waals surface area contributed by atoms with Gasteiger partial charge >= 0.3 is 0 Å². The Morgan fingerprint density at radius 3 is 2.64 bits per heavy atom. The van der Waals surface area contributed by atoms with E-state index in [4.69, 9.17) is 5.73 Å². The van der Waals surface area contributed by atoms with Crippen molar-refractivity contribution in [1.29, 1.82) is 0 Å². The molecule has 0 heterocycles. The highest BCUT2D eigenvalue weighted by atomic mass is 14.7. The first-order valence-corrected chi connectivity index (χ1v) is 4.77. The molecule has 2 aliphatic carbocycles. The van der Waals surface area contributed by atoms with Crippen molar-refractivity contribution in [2.45, 2.75) is 38.5 Å². The summed E-state index contributed by atoms with van der Waals surface area (Å²) in [4.78, 5) is 0. The summed E-state index contributed by atoms with van der Waals surface area (Å²) in [7, 11) is 0. The van der Waals surface area contributed by atoms with Crippen molar-refractivity contribution in [2.24, 2.45) is 11.1 Å². The third kappa shape index (κ3) is 1.22. The van der Waals surface area contributed by atoms with Crippen molar-refractivity contribution in [1.82, 2.24) is 0 Å². The van der Waals surface area contributed by atoms with E-state index >= 15 is 0 Å². The number of rotatable bonds is 2. The van der Waals surface area contributed by atoms with Gasteiger partial charge in [-0.3, -0.25) is 0 Å². The smallest absolute Gasteiger partial charge is 0.00351 e. The summed E-state index contributed by atoms with van der Waals surface area (Å²) in [5, 5.41) is 0. The monoisotopic (exact) mass is 151 g/mol. The molecule has 62 valence electrons. The van der Waals surface area contributed by atoms with Gasteiger partial charge in [0.05, 0.1) is 0 Å². The van der Waals surface area contributed by atoms with Gasteiger partial charge in [0.15, 0.2) is 0 Å². The number of hydrogen-bond acceptors (Lipinski definition) is 1. The summed E-state index contributed by atoms with van der Waals surface area (Å²) < 4.78 is 0. The zero-order valence-electron chi connectivity index (χ0n) is 7.10. The summed E-state index contributed by atoms with van der Waals surface area (Å²) in [6, 6.07) is 0. The maximum Gasteiger partial charge on any atom is 0.00351 e. The molecular formula is C10H17N. The van der Waals surface area contributed by atoms with Gasteiger partial charge in [0.2, 0.25) is 0 Å². The molecule has 1 heteroatoms. The van der Waals surface area contributed by atoms with E-state index in [1.807, 2.05) is 0 Å². The van der Waals surface area contributed by atoms with Crippen LogP contribution in [0.2, 0.25) is 0 Å². The van der Waals surface area contributed by atoms with Crippen molar-refractivity contribution < 1.29 is 0 Å². The summed E-state index contributed by atoms with van der Waals surface area (Å²) in [6.45, 7) is 0.888. The molecule has 0 aromatic heterocycles. The van der Waals surface area contributed by atoms with Crippen LogP contribution >= 0.6 is 0 Å². The summed E-state index contributed by atoms with van der Waals surface area (Å²) in [6.07, 6.45) is 10.6. The van der Waals surface area contributed by atoms with E-state index in [-0.39, 0.29) is 0 Å². The first kappa shape index (κ1) is 7.35. The van der Waals surface area contributed by atoms with Crippen molar-refractivity contribution in [3.63, 3.8) is 0 Å². The second-order valence-electron chi connectivity index (χ2n) is 3.96. The number of allylic oxidation sites excluding steroid dienone is 1. The highest BCUT2D eigenvalue weighted by Crippen LogP contribution is 2.53. The fraction of sp³-hybridized carbons (Fsp3) is 0.800. The Balaban J connectivity index is 2.08. The van der Waals surface area contributed by atoms with Crippen molar-refractivity contribution >= 4 is 0 Å². The second kappa shape index (κ2) is 2.63. The average Bonchev–Trinajstić information content (AvgIpc) is 2.86. The molecule has 1 fully saturated rings. The Labute approximate surface area is 68.7 Å². The van der Waals surface area contributed by atoms with Crippen molar-refractivity contribution in [3.05, 3.63) is 11.6 Å². The summed E-state index contributed by atoms with van der Waals surface area (Å²) in [5.41, 5.74) is 7.95. The van der Waals surface area contributed by atoms with E-state index in [1.165, 1.54) is 38.5 Å². The highest BCUT2D eigenvalue weighted by molar-refractivity contribution is 5.23. The Bertz CT molecular complexity index is 177. The predicted molar refractivity (Wildman–Crippen MR) is 47.3 cm³/mol. The normalized spacial score (nSPS) is 27.9. The lowest BCUT2D eigenvalue weighted by atomic mass is 9.87. The molecule has 0 atom stereocenters. The zero-order chi connectivity index (χ0) is 7.73. The average molecular weight is 151 g/mol. The minimum Gasteiger partial charge on any atom is -0.330 e. The Morgan fingerprint density at radius 1 is 1.36 bits per heavy atom. The molecule has 1 saturated carbocycles. The predicted octanol–water partition coefficient (Wildman–Crippen LogP) is 2.23. The topological polar surface area (TPSA) is 26.0 Å². The molecule has 2 aliphatic rings. The molecule has 0 unspecified atom stereocenters. The molecule has 0 aromatic rings. The molecule has 1 nitrogen and oxygen atoms in total. The van der Waals surface area contributed by atoms with Crippen LogP contribution in [0.3, 0.4) is 0 Å². The van der Waals surface area contributed by atoms with Crippen LogP contribution in [0.5, 0.6) is 0 Å². The number of nitrogens with two attached hydrogens (primary N) is 1. The minimum atomic E-state index is 0.500. The number of hydrogen-bond donors (Lipinski definition) is 1. The van der Waals surface area contributed by atoms with Crippen LogP contribution in [0.4, 0.5) is 0 Å². The maximum absolute atomic E-state index is 5.76. The molecule has 11 heavy (non-hydrogen) atoms. The van der Waals surface area contributed by atoms with Crippen LogP contribution < -0.4 is 5.73 Å². The van der Waals surface area contributed by atoms with Crippen LogP contribution in [-0.2, 0) is 0 Å². The van der Waals surface area contributed by atoms with Gasteiger partial charge in [-0.05, 0) is 38.5 Å². The van der Waals surface area contributed by atoms with E-state index in [0.29, 0.717) is 5.41 Å². The fourth-order valence-electron chi connectivity index (χ4n) is 2.13. The minimum absolute atomic E-state index is 0.500. The molecule has 2 N–H and O–H groups in total. The van der Waals surface area contributed by atoms with E-state index in [2.05, 4.69) is 6.08 Å². The van der Waals surface area contributed by atoms with Gasteiger partial charge in [-0.15, -0.1) is 0 Å². The van der Waals surface area contributed by atoms with Gasteiger partial charge < -0.3 is 5.73 Å². The van der Waals surface area contributed by atoms with E-state index in [1.54, 1.807) is 5.57 Å². The van der Waals surface area contributed by atoms with Gasteiger partial charge in [-0.25, -0.2) is 0 Å². The molecule has 0 bridgehead atoms. The lowest BCUT2D eigenvalue weighted by molar-refractivity contribution is 0.548. The van der Waals surface area contributed by atoms with Crippen LogP contribution in [0.1, 0.15) is 38.5 Å². The van der Waals surface area contributed by atoms with Crippen LogP contribution in [0.15, 0.2) is 11.6 Å². The molecule has 0 aliphatic heterocycles. The molecule has 0 amide bonds. The van der Waals surface area contributed by atoms with Gasteiger partial charge in [0.25, 0.3) is 0 Å². The Hall–Kier alpha value is -0.300. The lowest BCUT2D eigenvalue weighted by Gasteiger charge is -2.20. The van der Waals surface area contributed by atoms with Crippen LogP contribution in [0, 0.1) is 5.41 Å². The van der Waals surface area contributed by atoms with E-state index < -0.39 is 0 Å². The van der Waals surface area contributed by atoms with Crippen molar-refractivity contribution in [3.8, 4) is 0 Å². The molecule has 0 saturated heterocycles. The molecule has 0 radical (unpaired) electrons. The molecule has 2 rings (SSSR count). The standard InChI is InChI=1S/C10H17N/c11-8-10(6-7-10)9-4-2-1-3-5-9/h4H,1-3,5-8,11H2. The van der Waals surface area contributed by atoms with Gasteiger partial charge in [0, 0.05) is 12.0 Å². The SMILES string of the molecule is NCC1(C2=CCCCC2)CC1. The Morgan fingerprint density at radius 2 is 2.18 bits per heavy atom. The fourth-order valence-corrected chi connectivity index (χ4v) is 2.13. The van der Waals surface area contributed by atoms with Gasteiger partial charge in [0.1, 0.15) is 0 Å². The largest absolute Gasteiger partial charge is 0.330 e. The molecular weight excluding hydrogens is 134 g/mol.